The zero-order chi connectivity index (χ0) is 21.5. The lowest BCUT2D eigenvalue weighted by Gasteiger charge is -2.26. The Kier molecular flexibility index (Phi) is 9.37. The maximum absolute atomic E-state index is 12.8. The van der Waals surface area contributed by atoms with E-state index in [0.717, 1.165) is 44.9 Å². The van der Waals surface area contributed by atoms with Crippen LogP contribution in [0.3, 0.4) is 0 Å². The Morgan fingerprint density at radius 2 is 1.88 bits per heavy atom. The first-order valence-corrected chi connectivity index (χ1v) is 11.5. The van der Waals surface area contributed by atoms with Gasteiger partial charge in [-0.15, -0.1) is 24.0 Å². The Morgan fingerprint density at radius 1 is 1.12 bits per heavy atom. The highest BCUT2D eigenvalue weighted by Gasteiger charge is 2.31. The Labute approximate surface area is 208 Å². The number of imidazole rings is 1. The first kappa shape index (κ1) is 24.5. The van der Waals surface area contributed by atoms with Gasteiger partial charge in [0.2, 0.25) is 5.91 Å². The highest BCUT2D eigenvalue weighted by atomic mass is 127. The van der Waals surface area contributed by atoms with Crippen LogP contribution in [0.1, 0.15) is 49.7 Å². The molecular formula is C24H35IN6O. The van der Waals surface area contributed by atoms with Crippen molar-refractivity contribution < 1.29 is 4.79 Å². The number of amides is 1. The molecule has 1 atom stereocenters. The molecule has 1 aliphatic carbocycles. The van der Waals surface area contributed by atoms with E-state index < -0.39 is 0 Å². The van der Waals surface area contributed by atoms with Gasteiger partial charge in [0.15, 0.2) is 5.96 Å². The zero-order valence-electron chi connectivity index (χ0n) is 18.9. The van der Waals surface area contributed by atoms with Gasteiger partial charge in [-0.25, -0.2) is 4.98 Å². The van der Waals surface area contributed by atoms with E-state index >= 15 is 0 Å². The Morgan fingerprint density at radius 3 is 2.56 bits per heavy atom. The van der Waals surface area contributed by atoms with Gasteiger partial charge in [0.25, 0.3) is 0 Å². The quantitative estimate of drug-likeness (QED) is 0.329. The lowest BCUT2D eigenvalue weighted by molar-refractivity contribution is -0.135. The summed E-state index contributed by atoms with van der Waals surface area (Å²) in [6.45, 7) is 3.17. The summed E-state index contributed by atoms with van der Waals surface area (Å²) in [7, 11) is 1.80. The molecule has 0 radical (unpaired) electrons. The van der Waals surface area contributed by atoms with Crippen molar-refractivity contribution in [1.29, 1.82) is 0 Å². The van der Waals surface area contributed by atoms with Gasteiger partial charge >= 0.3 is 0 Å². The molecule has 1 amide bonds. The third kappa shape index (κ3) is 6.70. The SMILES string of the molecule is CN=C(NCc1ccc(Cn2ccnc2)cc1)NC1CCN(C(=O)C2CCCCC2)C1.I. The number of aliphatic imine (C=N–C) groups is 1. The molecule has 1 saturated heterocycles. The molecule has 2 heterocycles. The molecule has 7 nitrogen and oxygen atoms in total. The lowest BCUT2D eigenvalue weighted by Crippen LogP contribution is -2.45. The second kappa shape index (κ2) is 12.2. The van der Waals surface area contributed by atoms with Crippen molar-refractivity contribution in [2.75, 3.05) is 20.1 Å². The van der Waals surface area contributed by atoms with Crippen LogP contribution in [0.15, 0.2) is 48.0 Å². The zero-order valence-corrected chi connectivity index (χ0v) is 21.2. The molecular weight excluding hydrogens is 515 g/mol. The average Bonchev–Trinajstić information content (AvgIpc) is 3.50. The summed E-state index contributed by atoms with van der Waals surface area (Å²) in [5, 5.41) is 6.90. The largest absolute Gasteiger partial charge is 0.352 e. The van der Waals surface area contributed by atoms with Crippen LogP contribution < -0.4 is 10.6 Å². The fourth-order valence-electron chi connectivity index (χ4n) is 4.61. The van der Waals surface area contributed by atoms with Crippen LogP contribution in [0.25, 0.3) is 0 Å². The van der Waals surface area contributed by atoms with Crippen molar-refractivity contribution in [1.82, 2.24) is 25.1 Å². The summed E-state index contributed by atoms with van der Waals surface area (Å²) in [6, 6.07) is 8.85. The summed E-state index contributed by atoms with van der Waals surface area (Å²) in [4.78, 5) is 23.3. The minimum Gasteiger partial charge on any atom is -0.352 e. The smallest absolute Gasteiger partial charge is 0.225 e. The fraction of sp³-hybridized carbons (Fsp3) is 0.542. The van der Waals surface area contributed by atoms with Gasteiger partial charge in [0.05, 0.1) is 6.33 Å². The number of hydrogen-bond donors (Lipinski definition) is 2. The number of hydrogen-bond acceptors (Lipinski definition) is 3. The van der Waals surface area contributed by atoms with Crippen LogP contribution >= 0.6 is 24.0 Å². The molecule has 32 heavy (non-hydrogen) atoms. The predicted molar refractivity (Wildman–Crippen MR) is 138 cm³/mol. The van der Waals surface area contributed by atoms with Crippen molar-refractivity contribution in [3.8, 4) is 0 Å². The number of rotatable bonds is 6. The van der Waals surface area contributed by atoms with Gasteiger partial charge in [0.1, 0.15) is 0 Å². The number of carbonyl (C=O) groups is 1. The molecule has 2 N–H and O–H groups in total. The van der Waals surface area contributed by atoms with Gasteiger partial charge in [-0.1, -0.05) is 43.5 Å². The number of halogens is 1. The van der Waals surface area contributed by atoms with Crippen LogP contribution in [0, 0.1) is 5.92 Å². The Balaban J connectivity index is 0.00000289. The molecule has 1 aromatic carbocycles. The Hall–Kier alpha value is -2.10. The molecule has 1 aliphatic heterocycles. The Bertz CT molecular complexity index is 861. The molecule has 2 aliphatic rings. The van der Waals surface area contributed by atoms with E-state index in [1.54, 1.807) is 13.2 Å². The minimum atomic E-state index is 0. The predicted octanol–water partition coefficient (Wildman–Crippen LogP) is 3.40. The van der Waals surface area contributed by atoms with Gasteiger partial charge in [-0.05, 0) is 30.4 Å². The van der Waals surface area contributed by atoms with Crippen molar-refractivity contribution in [2.45, 2.75) is 57.7 Å². The average molecular weight is 550 g/mol. The number of guanidine groups is 1. The summed E-state index contributed by atoms with van der Waals surface area (Å²) in [6.07, 6.45) is 12.4. The van der Waals surface area contributed by atoms with Crippen LogP contribution in [0.2, 0.25) is 0 Å². The van der Waals surface area contributed by atoms with Crippen molar-refractivity contribution in [3.05, 3.63) is 54.1 Å². The molecule has 2 aromatic rings. The summed E-state index contributed by atoms with van der Waals surface area (Å²) in [5.74, 6) is 1.41. The van der Waals surface area contributed by atoms with Gasteiger partial charge in [-0.2, -0.15) is 0 Å². The van der Waals surface area contributed by atoms with Gasteiger partial charge in [0, 0.05) is 57.6 Å². The van der Waals surface area contributed by atoms with Crippen LogP contribution in [-0.4, -0.2) is 52.5 Å². The second-order valence-corrected chi connectivity index (χ2v) is 8.73. The van der Waals surface area contributed by atoms with E-state index in [1.165, 1.54) is 30.4 Å². The first-order valence-electron chi connectivity index (χ1n) is 11.5. The number of benzene rings is 1. The number of nitrogens with one attached hydrogen (secondary N) is 2. The van der Waals surface area contributed by atoms with Crippen molar-refractivity contribution >= 4 is 35.8 Å². The molecule has 1 saturated carbocycles. The standard InChI is InChI=1S/C24H34N6O.HI/c1-25-24(27-15-19-7-9-20(10-8-19)16-29-14-12-26-18-29)28-22-11-13-30(17-22)23(31)21-5-3-2-4-6-21;/h7-10,12,14,18,21-22H,2-6,11,13,15-17H2,1H3,(H2,25,27,28);1H. The molecule has 0 bridgehead atoms. The topological polar surface area (TPSA) is 74.6 Å². The molecule has 8 heteroatoms. The van der Waals surface area contributed by atoms with Crippen LogP contribution in [0.5, 0.6) is 0 Å². The van der Waals surface area contributed by atoms with Crippen molar-refractivity contribution in [3.63, 3.8) is 0 Å². The third-order valence-corrected chi connectivity index (χ3v) is 6.43. The highest BCUT2D eigenvalue weighted by Crippen LogP contribution is 2.26. The number of likely N-dealkylation sites (tertiary alicyclic amines) is 1. The van der Waals surface area contributed by atoms with E-state index in [0.29, 0.717) is 12.5 Å². The van der Waals surface area contributed by atoms with Crippen molar-refractivity contribution in [2.24, 2.45) is 10.9 Å². The van der Waals surface area contributed by atoms with E-state index in [-0.39, 0.29) is 35.9 Å². The molecule has 4 rings (SSSR count). The third-order valence-electron chi connectivity index (χ3n) is 6.43. The minimum absolute atomic E-state index is 0. The first-order chi connectivity index (χ1) is 15.2. The van der Waals surface area contributed by atoms with E-state index in [9.17, 15) is 4.79 Å². The van der Waals surface area contributed by atoms with E-state index in [4.69, 9.17) is 0 Å². The molecule has 174 valence electrons. The summed E-state index contributed by atoms with van der Waals surface area (Å²) >= 11 is 0. The van der Waals surface area contributed by atoms with E-state index in [1.807, 2.05) is 12.5 Å². The summed E-state index contributed by atoms with van der Waals surface area (Å²) in [5.41, 5.74) is 2.45. The lowest BCUT2D eigenvalue weighted by atomic mass is 9.88. The molecule has 0 spiro atoms. The normalized spacial score (nSPS) is 19.5. The molecule has 1 unspecified atom stereocenters. The number of aromatic nitrogens is 2. The number of carbonyl (C=O) groups excluding carboxylic acids is 1. The molecule has 2 fully saturated rings. The van der Waals surface area contributed by atoms with E-state index in [2.05, 4.69) is 54.3 Å². The van der Waals surface area contributed by atoms with Gasteiger partial charge < -0.3 is 20.1 Å². The summed E-state index contributed by atoms with van der Waals surface area (Å²) < 4.78 is 2.06. The number of nitrogens with zero attached hydrogens (tertiary/aromatic N) is 4. The maximum Gasteiger partial charge on any atom is 0.225 e. The van der Waals surface area contributed by atoms with Crippen LogP contribution in [-0.2, 0) is 17.9 Å². The second-order valence-electron chi connectivity index (χ2n) is 8.73. The van der Waals surface area contributed by atoms with Crippen LogP contribution in [0.4, 0.5) is 0 Å². The highest BCUT2D eigenvalue weighted by molar-refractivity contribution is 14.0. The molecule has 1 aromatic heterocycles. The maximum atomic E-state index is 12.8. The monoisotopic (exact) mass is 550 g/mol. The fourth-order valence-corrected chi connectivity index (χ4v) is 4.61. The van der Waals surface area contributed by atoms with Gasteiger partial charge in [-0.3, -0.25) is 9.79 Å².